The summed E-state index contributed by atoms with van der Waals surface area (Å²) in [6, 6.07) is 7.42. The molecule has 1 atom stereocenters. The van der Waals surface area contributed by atoms with E-state index in [9.17, 15) is 4.79 Å². The second kappa shape index (κ2) is 7.87. The maximum Gasteiger partial charge on any atom is 0.322 e. The Morgan fingerprint density at radius 1 is 1.41 bits per heavy atom. The number of urea groups is 1. The van der Waals surface area contributed by atoms with E-state index in [1.807, 2.05) is 41.5 Å². The number of thiazole rings is 1. The third-order valence-corrected chi connectivity index (χ3v) is 5.52. The maximum atomic E-state index is 12.9. The summed E-state index contributed by atoms with van der Waals surface area (Å²) in [7, 11) is 0. The van der Waals surface area contributed by atoms with Crippen molar-refractivity contribution >= 4 is 23.1 Å². The molecule has 0 bridgehead atoms. The van der Waals surface area contributed by atoms with Gasteiger partial charge in [-0.1, -0.05) is 18.1 Å². The summed E-state index contributed by atoms with van der Waals surface area (Å²) in [4.78, 5) is 23.6. The van der Waals surface area contributed by atoms with Crippen molar-refractivity contribution in [1.29, 1.82) is 0 Å². The third kappa shape index (κ3) is 3.85. The van der Waals surface area contributed by atoms with Gasteiger partial charge in [0.25, 0.3) is 5.89 Å². The Balaban J connectivity index is 1.51. The van der Waals surface area contributed by atoms with E-state index in [0.717, 1.165) is 36.4 Å². The van der Waals surface area contributed by atoms with Crippen molar-refractivity contribution in [2.24, 2.45) is 0 Å². The Bertz CT molecular complexity index is 908. The van der Waals surface area contributed by atoms with Crippen LogP contribution in [0.2, 0.25) is 0 Å². The normalized spacial score (nSPS) is 17.1. The Morgan fingerprint density at radius 3 is 3.11 bits per heavy atom. The highest BCUT2D eigenvalue weighted by atomic mass is 32.1. The molecule has 0 saturated carbocycles. The van der Waals surface area contributed by atoms with Crippen LogP contribution in [0, 0.1) is 0 Å². The lowest BCUT2D eigenvalue weighted by Crippen LogP contribution is -2.41. The fraction of sp³-hybridized carbons (Fsp3) is 0.368. The summed E-state index contributed by atoms with van der Waals surface area (Å²) in [5.41, 5.74) is 1.49. The molecule has 4 rings (SSSR count). The lowest BCUT2D eigenvalue weighted by Gasteiger charge is -2.34. The van der Waals surface area contributed by atoms with E-state index >= 15 is 0 Å². The first-order chi connectivity index (χ1) is 13.2. The SMILES string of the molecule is CCc1noc(-c2cccc(NC(=O)N3CCCC[C@@H]3c3nccs3)c2)n1. The molecule has 140 valence electrons. The first kappa shape index (κ1) is 17.7. The maximum absolute atomic E-state index is 12.9. The number of nitrogens with one attached hydrogen (secondary N) is 1. The highest BCUT2D eigenvalue weighted by Gasteiger charge is 2.29. The molecule has 0 spiro atoms. The van der Waals surface area contributed by atoms with Crippen LogP contribution in [0.3, 0.4) is 0 Å². The Kier molecular flexibility index (Phi) is 5.15. The summed E-state index contributed by atoms with van der Waals surface area (Å²) in [6.07, 6.45) is 5.58. The fourth-order valence-electron chi connectivity index (χ4n) is 3.27. The van der Waals surface area contributed by atoms with Gasteiger partial charge in [0.15, 0.2) is 5.82 Å². The van der Waals surface area contributed by atoms with Gasteiger partial charge in [-0.25, -0.2) is 9.78 Å². The van der Waals surface area contributed by atoms with Gasteiger partial charge in [0.2, 0.25) is 0 Å². The van der Waals surface area contributed by atoms with Gasteiger partial charge in [0.05, 0.1) is 6.04 Å². The number of aromatic nitrogens is 3. The Hall–Kier alpha value is -2.74. The molecular weight excluding hydrogens is 362 g/mol. The first-order valence-corrected chi connectivity index (χ1v) is 10.0. The van der Waals surface area contributed by atoms with Crippen molar-refractivity contribution < 1.29 is 9.32 Å². The number of benzene rings is 1. The summed E-state index contributed by atoms with van der Waals surface area (Å²) in [6.45, 7) is 2.71. The van der Waals surface area contributed by atoms with Crippen molar-refractivity contribution in [3.63, 3.8) is 0 Å². The first-order valence-electron chi connectivity index (χ1n) is 9.14. The van der Waals surface area contributed by atoms with Crippen molar-refractivity contribution in [1.82, 2.24) is 20.0 Å². The molecule has 1 aliphatic rings. The molecule has 2 aromatic heterocycles. The van der Waals surface area contributed by atoms with E-state index in [4.69, 9.17) is 4.52 Å². The molecule has 0 aliphatic carbocycles. The number of amides is 2. The van der Waals surface area contributed by atoms with Crippen LogP contribution in [-0.2, 0) is 6.42 Å². The van der Waals surface area contributed by atoms with E-state index in [1.165, 1.54) is 0 Å². The van der Waals surface area contributed by atoms with E-state index in [1.54, 1.807) is 17.5 Å². The number of aryl methyl sites for hydroxylation is 1. The molecule has 1 aliphatic heterocycles. The smallest absolute Gasteiger partial charge is 0.322 e. The number of piperidine rings is 1. The van der Waals surface area contributed by atoms with Crippen LogP contribution in [0.25, 0.3) is 11.5 Å². The second-order valence-corrected chi connectivity index (χ2v) is 7.38. The molecule has 7 nitrogen and oxygen atoms in total. The number of carbonyl (C=O) groups excluding carboxylic acids is 1. The zero-order valence-electron chi connectivity index (χ0n) is 15.1. The highest BCUT2D eigenvalue weighted by Crippen LogP contribution is 2.32. The average molecular weight is 383 g/mol. The van der Waals surface area contributed by atoms with Crippen molar-refractivity contribution in [3.8, 4) is 11.5 Å². The van der Waals surface area contributed by atoms with Gasteiger partial charge >= 0.3 is 6.03 Å². The minimum absolute atomic E-state index is 0.0463. The molecule has 0 radical (unpaired) electrons. The quantitative estimate of drug-likeness (QED) is 0.716. The number of nitrogens with zero attached hydrogens (tertiary/aromatic N) is 4. The number of likely N-dealkylation sites (tertiary alicyclic amines) is 1. The van der Waals surface area contributed by atoms with Gasteiger partial charge in [-0.3, -0.25) is 0 Å². The number of anilines is 1. The van der Waals surface area contributed by atoms with Gasteiger partial charge < -0.3 is 14.7 Å². The fourth-order valence-corrected chi connectivity index (χ4v) is 4.06. The number of hydrogen-bond donors (Lipinski definition) is 1. The van der Waals surface area contributed by atoms with E-state index in [0.29, 0.717) is 23.8 Å². The van der Waals surface area contributed by atoms with Crippen LogP contribution >= 0.6 is 11.3 Å². The predicted octanol–water partition coefficient (Wildman–Crippen LogP) is 4.51. The monoisotopic (exact) mass is 383 g/mol. The number of carbonyl (C=O) groups is 1. The van der Waals surface area contributed by atoms with Gasteiger partial charge in [-0.05, 0) is 37.5 Å². The van der Waals surface area contributed by atoms with E-state index in [2.05, 4.69) is 20.4 Å². The molecule has 1 N–H and O–H groups in total. The Labute approximate surface area is 161 Å². The van der Waals surface area contributed by atoms with Crippen LogP contribution in [0.4, 0.5) is 10.5 Å². The molecule has 3 aromatic rings. The van der Waals surface area contributed by atoms with Crippen LogP contribution < -0.4 is 5.32 Å². The molecular formula is C19H21N5O2S. The van der Waals surface area contributed by atoms with Crippen molar-refractivity contribution in [2.75, 3.05) is 11.9 Å². The minimum atomic E-state index is -0.105. The predicted molar refractivity (Wildman–Crippen MR) is 104 cm³/mol. The van der Waals surface area contributed by atoms with Crippen LogP contribution in [0.5, 0.6) is 0 Å². The topological polar surface area (TPSA) is 84.2 Å². The number of hydrogen-bond acceptors (Lipinski definition) is 6. The van der Waals surface area contributed by atoms with Gasteiger partial charge in [0, 0.05) is 35.8 Å². The summed E-state index contributed by atoms with van der Waals surface area (Å²) >= 11 is 1.60. The van der Waals surface area contributed by atoms with Gasteiger partial charge in [0.1, 0.15) is 5.01 Å². The molecule has 27 heavy (non-hydrogen) atoms. The van der Waals surface area contributed by atoms with Crippen molar-refractivity contribution in [3.05, 3.63) is 46.7 Å². The zero-order chi connectivity index (χ0) is 18.6. The minimum Gasteiger partial charge on any atom is -0.334 e. The molecule has 3 heterocycles. The zero-order valence-corrected chi connectivity index (χ0v) is 15.9. The molecule has 1 saturated heterocycles. The van der Waals surface area contributed by atoms with Crippen molar-refractivity contribution in [2.45, 2.75) is 38.6 Å². The lowest BCUT2D eigenvalue weighted by atomic mass is 10.0. The van der Waals surface area contributed by atoms with Gasteiger partial charge in [-0.2, -0.15) is 4.98 Å². The lowest BCUT2D eigenvalue weighted by molar-refractivity contribution is 0.163. The van der Waals surface area contributed by atoms with Crippen LogP contribution in [-0.4, -0.2) is 32.6 Å². The third-order valence-electron chi connectivity index (χ3n) is 4.65. The Morgan fingerprint density at radius 2 is 2.33 bits per heavy atom. The molecule has 2 amide bonds. The van der Waals surface area contributed by atoms with Crippen LogP contribution in [0.1, 0.15) is 43.1 Å². The molecule has 1 aromatic carbocycles. The van der Waals surface area contributed by atoms with E-state index in [-0.39, 0.29) is 12.1 Å². The average Bonchev–Trinajstić information content (AvgIpc) is 3.40. The van der Waals surface area contributed by atoms with Crippen LogP contribution in [0.15, 0.2) is 40.4 Å². The molecule has 1 fully saturated rings. The summed E-state index contributed by atoms with van der Waals surface area (Å²) in [5, 5.41) is 9.89. The summed E-state index contributed by atoms with van der Waals surface area (Å²) < 4.78 is 5.29. The summed E-state index contributed by atoms with van der Waals surface area (Å²) in [5.74, 6) is 1.13. The van der Waals surface area contributed by atoms with E-state index < -0.39 is 0 Å². The van der Waals surface area contributed by atoms with Gasteiger partial charge in [-0.15, -0.1) is 11.3 Å². The molecule has 8 heteroatoms. The second-order valence-electron chi connectivity index (χ2n) is 6.46. The number of rotatable bonds is 4. The highest BCUT2D eigenvalue weighted by molar-refractivity contribution is 7.09. The molecule has 0 unspecified atom stereocenters. The largest absolute Gasteiger partial charge is 0.334 e. The standard InChI is InChI=1S/C19H21N5O2S/c1-2-16-22-17(26-23-16)13-6-5-7-14(12-13)21-19(25)24-10-4-3-8-15(24)18-20-9-11-27-18/h5-7,9,11-12,15H,2-4,8,10H2,1H3,(H,21,25)/t15-/m1/s1.